The third kappa shape index (κ3) is 1.98. The minimum Gasteiger partial charge on any atom is -0.467 e. The Morgan fingerprint density at radius 2 is 2.26 bits per heavy atom. The second-order valence-corrected chi connectivity index (χ2v) is 5.30. The summed E-state index contributed by atoms with van der Waals surface area (Å²) in [4.78, 5) is 12.0. The highest BCUT2D eigenvalue weighted by atomic mass is 16.5. The van der Waals surface area contributed by atoms with E-state index in [1.165, 1.54) is 24.8 Å². The first-order valence-electron chi connectivity index (χ1n) is 6.84. The van der Waals surface area contributed by atoms with E-state index in [9.17, 15) is 0 Å². The summed E-state index contributed by atoms with van der Waals surface area (Å²) in [5.74, 6) is 1.13. The fourth-order valence-electron chi connectivity index (χ4n) is 3.01. The number of nitrogens with one attached hydrogen (secondary N) is 1. The number of hydrogen-bond donors (Lipinski definition) is 2. The van der Waals surface area contributed by atoms with Crippen LogP contribution in [0.2, 0.25) is 0 Å². The van der Waals surface area contributed by atoms with E-state index >= 15 is 0 Å². The molecule has 1 saturated carbocycles. The number of nitrogens with zero attached hydrogens (tertiary/aromatic N) is 2. The highest BCUT2D eigenvalue weighted by Crippen LogP contribution is 2.41. The molecule has 2 aromatic rings. The average molecular weight is 260 g/mol. The minimum absolute atomic E-state index is 0.409. The van der Waals surface area contributed by atoms with Crippen LogP contribution in [0.25, 0.3) is 11.0 Å². The molecule has 0 amide bonds. The molecule has 2 aromatic heterocycles. The molecule has 3 N–H and O–H groups in total. The Hall–Kier alpha value is -1.62. The molecule has 0 aliphatic heterocycles. The summed E-state index contributed by atoms with van der Waals surface area (Å²) in [7, 11) is 1.58. The van der Waals surface area contributed by atoms with Gasteiger partial charge in [-0.1, -0.05) is 6.42 Å². The van der Waals surface area contributed by atoms with Crippen molar-refractivity contribution in [1.82, 2.24) is 15.0 Å². The van der Waals surface area contributed by atoms with Gasteiger partial charge in [-0.25, -0.2) is 0 Å². The summed E-state index contributed by atoms with van der Waals surface area (Å²) in [6.45, 7) is 2.68. The van der Waals surface area contributed by atoms with Crippen molar-refractivity contribution < 1.29 is 4.74 Å². The van der Waals surface area contributed by atoms with Gasteiger partial charge in [-0.2, -0.15) is 9.97 Å². The SMILES string of the molecule is COc1nc(C)c2c(C(CN)C3CCC3)c[nH]c2n1. The zero-order valence-corrected chi connectivity index (χ0v) is 11.4. The molecule has 1 atom stereocenters. The number of aromatic amines is 1. The van der Waals surface area contributed by atoms with Crippen LogP contribution < -0.4 is 10.5 Å². The molecular weight excluding hydrogens is 240 g/mol. The molecule has 0 bridgehead atoms. The fourth-order valence-corrected chi connectivity index (χ4v) is 3.01. The first-order chi connectivity index (χ1) is 9.24. The van der Waals surface area contributed by atoms with Gasteiger partial charge in [0.25, 0.3) is 0 Å². The molecule has 3 rings (SSSR count). The van der Waals surface area contributed by atoms with Crippen LogP contribution in [-0.2, 0) is 0 Å². The summed E-state index contributed by atoms with van der Waals surface area (Å²) in [5.41, 5.74) is 9.06. The van der Waals surface area contributed by atoms with Crippen molar-refractivity contribution in [3.63, 3.8) is 0 Å². The Morgan fingerprint density at radius 1 is 1.47 bits per heavy atom. The van der Waals surface area contributed by atoms with Crippen LogP contribution in [0.5, 0.6) is 6.01 Å². The molecule has 0 spiro atoms. The second kappa shape index (κ2) is 4.81. The summed E-state index contributed by atoms with van der Waals surface area (Å²) in [6, 6.07) is 0.409. The van der Waals surface area contributed by atoms with Crippen molar-refractivity contribution in [2.45, 2.75) is 32.1 Å². The molecule has 5 nitrogen and oxygen atoms in total. The van der Waals surface area contributed by atoms with E-state index in [1.807, 2.05) is 13.1 Å². The fraction of sp³-hybridized carbons (Fsp3) is 0.571. The Morgan fingerprint density at radius 3 is 2.84 bits per heavy atom. The average Bonchev–Trinajstić information content (AvgIpc) is 2.77. The van der Waals surface area contributed by atoms with Gasteiger partial charge in [0.05, 0.1) is 12.8 Å². The normalized spacial score (nSPS) is 17.4. The summed E-state index contributed by atoms with van der Waals surface area (Å²) in [6.07, 6.45) is 5.93. The highest BCUT2D eigenvalue weighted by molar-refractivity contribution is 5.83. The van der Waals surface area contributed by atoms with Crippen molar-refractivity contribution in [2.75, 3.05) is 13.7 Å². The third-order valence-corrected chi connectivity index (χ3v) is 4.28. The van der Waals surface area contributed by atoms with Gasteiger partial charge in [0, 0.05) is 17.5 Å². The Balaban J connectivity index is 2.08. The van der Waals surface area contributed by atoms with Crippen molar-refractivity contribution in [2.24, 2.45) is 11.7 Å². The molecule has 0 aromatic carbocycles. The maximum atomic E-state index is 5.99. The maximum Gasteiger partial charge on any atom is 0.318 e. The van der Waals surface area contributed by atoms with E-state index < -0.39 is 0 Å². The molecule has 102 valence electrons. The van der Waals surface area contributed by atoms with E-state index in [1.54, 1.807) is 7.11 Å². The number of rotatable bonds is 4. The lowest BCUT2D eigenvalue weighted by Crippen LogP contribution is -2.26. The first-order valence-corrected chi connectivity index (χ1v) is 6.84. The van der Waals surface area contributed by atoms with Crippen molar-refractivity contribution in [3.05, 3.63) is 17.5 Å². The van der Waals surface area contributed by atoms with Crippen LogP contribution >= 0.6 is 0 Å². The number of nitrogens with two attached hydrogens (primary N) is 1. The Bertz CT molecular complexity index is 588. The van der Waals surface area contributed by atoms with E-state index in [4.69, 9.17) is 10.5 Å². The summed E-state index contributed by atoms with van der Waals surface area (Å²) < 4.78 is 5.11. The van der Waals surface area contributed by atoms with Gasteiger partial charge >= 0.3 is 6.01 Å². The number of fused-ring (bicyclic) bond motifs is 1. The quantitative estimate of drug-likeness (QED) is 0.882. The van der Waals surface area contributed by atoms with Crippen LogP contribution in [0, 0.1) is 12.8 Å². The maximum absolute atomic E-state index is 5.99. The number of ether oxygens (including phenoxy) is 1. The van der Waals surface area contributed by atoms with Crippen LogP contribution in [0.1, 0.15) is 36.4 Å². The van der Waals surface area contributed by atoms with Gasteiger partial charge in [0.15, 0.2) is 0 Å². The Kier molecular flexibility index (Phi) is 3.14. The lowest BCUT2D eigenvalue weighted by Gasteiger charge is -2.33. The Labute approximate surface area is 112 Å². The molecule has 1 aliphatic carbocycles. The number of aromatic nitrogens is 3. The number of aryl methyl sites for hydroxylation is 1. The second-order valence-electron chi connectivity index (χ2n) is 5.30. The van der Waals surface area contributed by atoms with Crippen molar-refractivity contribution >= 4 is 11.0 Å². The monoisotopic (exact) mass is 260 g/mol. The van der Waals surface area contributed by atoms with Crippen LogP contribution in [0.15, 0.2) is 6.20 Å². The molecule has 0 saturated heterocycles. The summed E-state index contributed by atoms with van der Waals surface area (Å²) >= 11 is 0. The van der Waals surface area contributed by atoms with Gasteiger partial charge in [0.2, 0.25) is 0 Å². The molecule has 2 heterocycles. The van der Waals surface area contributed by atoms with Gasteiger partial charge in [0.1, 0.15) is 5.65 Å². The van der Waals surface area contributed by atoms with E-state index in [0.717, 1.165) is 16.7 Å². The van der Waals surface area contributed by atoms with E-state index in [-0.39, 0.29) is 0 Å². The number of H-pyrrole nitrogens is 1. The molecule has 5 heteroatoms. The highest BCUT2D eigenvalue weighted by Gasteiger charge is 2.30. The topological polar surface area (TPSA) is 76.8 Å². The minimum atomic E-state index is 0.409. The van der Waals surface area contributed by atoms with E-state index in [2.05, 4.69) is 15.0 Å². The van der Waals surface area contributed by atoms with Gasteiger partial charge in [-0.05, 0) is 37.8 Å². The molecule has 1 unspecified atom stereocenters. The number of hydrogen-bond acceptors (Lipinski definition) is 4. The predicted molar refractivity (Wildman–Crippen MR) is 74.3 cm³/mol. The number of methoxy groups -OCH3 is 1. The van der Waals surface area contributed by atoms with Gasteiger partial charge < -0.3 is 15.5 Å². The zero-order valence-electron chi connectivity index (χ0n) is 11.4. The zero-order chi connectivity index (χ0) is 13.4. The van der Waals surface area contributed by atoms with Crippen molar-refractivity contribution in [3.8, 4) is 6.01 Å². The standard InChI is InChI=1S/C14H20N4O/c1-8-12-11(10(6-15)9-4-3-5-9)7-16-13(12)18-14(17-8)19-2/h7,9-10H,3-6,15H2,1-2H3,(H,16,17,18). The van der Waals surface area contributed by atoms with Crippen molar-refractivity contribution in [1.29, 1.82) is 0 Å². The molecule has 19 heavy (non-hydrogen) atoms. The van der Waals surface area contributed by atoms with Gasteiger partial charge in [-0.15, -0.1) is 0 Å². The first kappa shape index (κ1) is 12.4. The molecule has 1 fully saturated rings. The molecule has 0 radical (unpaired) electrons. The van der Waals surface area contributed by atoms with Crippen LogP contribution in [0.4, 0.5) is 0 Å². The predicted octanol–water partition coefficient (Wildman–Crippen LogP) is 2.12. The van der Waals surface area contributed by atoms with Gasteiger partial charge in [-0.3, -0.25) is 0 Å². The van der Waals surface area contributed by atoms with Crippen LogP contribution in [-0.4, -0.2) is 28.6 Å². The summed E-state index contributed by atoms with van der Waals surface area (Å²) in [5, 5.41) is 1.11. The smallest absolute Gasteiger partial charge is 0.318 e. The molecular formula is C14H20N4O. The van der Waals surface area contributed by atoms with Crippen LogP contribution in [0.3, 0.4) is 0 Å². The lowest BCUT2D eigenvalue weighted by molar-refractivity contribution is 0.265. The third-order valence-electron chi connectivity index (χ3n) is 4.28. The molecule has 1 aliphatic rings. The lowest BCUT2D eigenvalue weighted by atomic mass is 9.73. The van der Waals surface area contributed by atoms with E-state index in [0.29, 0.717) is 24.4 Å². The largest absolute Gasteiger partial charge is 0.467 e.